The van der Waals surface area contributed by atoms with Crippen LogP contribution < -0.4 is 4.90 Å². The van der Waals surface area contributed by atoms with Crippen LogP contribution in [0.5, 0.6) is 0 Å². The van der Waals surface area contributed by atoms with Gasteiger partial charge in [0, 0.05) is 0 Å². The minimum absolute atomic E-state index is 1.14. The first-order chi connectivity index (χ1) is 12.4. The third kappa shape index (κ3) is 4.75. The molecule has 0 spiro atoms. The van der Waals surface area contributed by atoms with E-state index in [2.05, 4.69) is 100 Å². The molecular weight excluding hydrogens is 474 g/mol. The van der Waals surface area contributed by atoms with E-state index in [9.17, 15) is 0 Å². The first-order valence-electron chi connectivity index (χ1n) is 8.17. The van der Waals surface area contributed by atoms with Gasteiger partial charge in [0.05, 0.1) is 0 Å². The van der Waals surface area contributed by atoms with Crippen LogP contribution in [0.25, 0.3) is 5.57 Å². The summed E-state index contributed by atoms with van der Waals surface area (Å²) in [5.41, 5.74) is 4.65. The van der Waals surface area contributed by atoms with Crippen molar-refractivity contribution >= 4 is 21.3 Å². The number of nitrogens with zero attached hydrogens (tertiary/aromatic N) is 1. The van der Waals surface area contributed by atoms with Gasteiger partial charge in [0.1, 0.15) is 0 Å². The number of para-hydroxylation sites is 2. The Morgan fingerprint density at radius 3 is 1.64 bits per heavy atom. The SMILES string of the molecule is [W]=[CH]C=CC(=CN(c1ccccc1)c1ccccc1)c1ccccc1. The molecule has 0 heterocycles. The van der Waals surface area contributed by atoms with Crippen LogP contribution in [0.3, 0.4) is 0 Å². The molecule has 0 atom stereocenters. The van der Waals surface area contributed by atoms with Crippen LogP contribution in [0.4, 0.5) is 11.4 Å². The van der Waals surface area contributed by atoms with E-state index in [0.29, 0.717) is 0 Å². The van der Waals surface area contributed by atoms with Crippen molar-refractivity contribution in [1.29, 1.82) is 0 Å². The summed E-state index contributed by atoms with van der Waals surface area (Å²) < 4.78 is 2.13. The van der Waals surface area contributed by atoms with Gasteiger partial charge in [-0.1, -0.05) is 0 Å². The molecule has 0 amide bonds. The van der Waals surface area contributed by atoms with Crippen LogP contribution in [-0.2, 0) is 19.4 Å². The molecule has 0 bridgehead atoms. The Morgan fingerprint density at radius 2 is 1.16 bits per heavy atom. The summed E-state index contributed by atoms with van der Waals surface area (Å²) in [5.74, 6) is 0. The summed E-state index contributed by atoms with van der Waals surface area (Å²) in [7, 11) is 0. The number of rotatable bonds is 6. The zero-order valence-corrected chi connectivity index (χ0v) is 16.8. The van der Waals surface area contributed by atoms with Crippen molar-refractivity contribution in [2.45, 2.75) is 0 Å². The average Bonchev–Trinajstić information content (AvgIpc) is 2.70. The van der Waals surface area contributed by atoms with Gasteiger partial charge >= 0.3 is 161 Å². The van der Waals surface area contributed by atoms with Crippen molar-refractivity contribution in [1.82, 2.24) is 0 Å². The summed E-state index contributed by atoms with van der Waals surface area (Å²) in [5, 5.41) is 0. The van der Waals surface area contributed by atoms with Gasteiger partial charge in [-0.3, -0.25) is 0 Å². The summed E-state index contributed by atoms with van der Waals surface area (Å²) >= 11 is 1.45. The van der Waals surface area contributed by atoms with E-state index < -0.39 is 0 Å². The van der Waals surface area contributed by atoms with E-state index in [1.807, 2.05) is 18.2 Å². The molecule has 0 aliphatic rings. The van der Waals surface area contributed by atoms with Crippen LogP contribution in [0.2, 0.25) is 0 Å². The summed E-state index contributed by atoms with van der Waals surface area (Å²) in [6.07, 6.45) is 6.49. The van der Waals surface area contributed by atoms with Gasteiger partial charge in [0.2, 0.25) is 0 Å². The second-order valence-corrected chi connectivity index (χ2v) is 6.46. The van der Waals surface area contributed by atoms with E-state index in [1.165, 1.54) is 30.5 Å². The van der Waals surface area contributed by atoms with Gasteiger partial charge in [-0.2, -0.15) is 0 Å². The third-order valence-corrected chi connectivity index (χ3v) is 4.36. The quantitative estimate of drug-likeness (QED) is 0.395. The molecule has 1 nitrogen and oxygen atoms in total. The van der Waals surface area contributed by atoms with Crippen molar-refractivity contribution in [3.05, 3.63) is 115 Å². The second-order valence-electron chi connectivity index (χ2n) is 5.49. The number of benzene rings is 3. The van der Waals surface area contributed by atoms with Gasteiger partial charge in [-0.05, 0) is 0 Å². The molecule has 0 aliphatic carbocycles. The van der Waals surface area contributed by atoms with Gasteiger partial charge in [0.25, 0.3) is 0 Å². The van der Waals surface area contributed by atoms with Gasteiger partial charge in [-0.25, -0.2) is 0 Å². The van der Waals surface area contributed by atoms with Crippen molar-refractivity contribution in [2.75, 3.05) is 4.90 Å². The second kappa shape index (κ2) is 9.10. The zero-order chi connectivity index (χ0) is 17.3. The van der Waals surface area contributed by atoms with E-state index in [4.69, 9.17) is 0 Å². The van der Waals surface area contributed by atoms with Crippen molar-refractivity contribution < 1.29 is 19.4 Å². The van der Waals surface area contributed by atoms with E-state index in [1.54, 1.807) is 0 Å². The molecule has 0 saturated heterocycles. The molecule has 3 aromatic carbocycles. The monoisotopic (exact) mass is 493 g/mol. The van der Waals surface area contributed by atoms with Crippen molar-refractivity contribution in [2.24, 2.45) is 0 Å². The average molecular weight is 493 g/mol. The van der Waals surface area contributed by atoms with E-state index in [0.717, 1.165) is 11.4 Å². The molecule has 0 aromatic heterocycles. The van der Waals surface area contributed by atoms with Gasteiger partial charge < -0.3 is 0 Å². The molecule has 25 heavy (non-hydrogen) atoms. The molecule has 3 rings (SSSR count). The predicted octanol–water partition coefficient (Wildman–Crippen LogP) is 5.77. The molecule has 122 valence electrons. The molecule has 0 fully saturated rings. The van der Waals surface area contributed by atoms with Crippen molar-refractivity contribution in [3.8, 4) is 0 Å². The van der Waals surface area contributed by atoms with Crippen LogP contribution in [0.1, 0.15) is 5.56 Å². The Balaban J connectivity index is 2.12. The molecule has 3 aromatic rings. The van der Waals surface area contributed by atoms with Crippen LogP contribution in [0.15, 0.2) is 109 Å². The standard InChI is InChI=1S/C23H19N.W/c1-2-12-21(20-13-6-3-7-14-20)19-24(22-15-8-4-9-16-22)23-17-10-5-11-18-23;/h1-19H;. The normalized spacial score (nSPS) is 11.4. The predicted molar refractivity (Wildman–Crippen MR) is 105 cm³/mol. The molecule has 0 saturated carbocycles. The van der Waals surface area contributed by atoms with Crippen LogP contribution in [0, 0.1) is 0 Å². The number of hydrogen-bond donors (Lipinski definition) is 0. The van der Waals surface area contributed by atoms with Crippen LogP contribution >= 0.6 is 0 Å². The van der Waals surface area contributed by atoms with Gasteiger partial charge in [-0.15, -0.1) is 0 Å². The molecule has 0 radical (unpaired) electrons. The van der Waals surface area contributed by atoms with Gasteiger partial charge in [0.15, 0.2) is 0 Å². The summed E-state index contributed by atoms with van der Waals surface area (Å²) in [6, 6.07) is 31.4. The van der Waals surface area contributed by atoms with E-state index >= 15 is 0 Å². The molecule has 0 unspecified atom stereocenters. The van der Waals surface area contributed by atoms with Crippen LogP contribution in [-0.4, -0.2) is 4.40 Å². The fourth-order valence-electron chi connectivity index (χ4n) is 2.60. The topological polar surface area (TPSA) is 3.24 Å². The Hall–Kier alpha value is -2.50. The first kappa shape index (κ1) is 17.3. The molecule has 0 N–H and O–H groups in total. The Morgan fingerprint density at radius 1 is 0.680 bits per heavy atom. The maximum atomic E-state index is 2.23. The molecule has 0 aliphatic heterocycles. The summed E-state index contributed by atoms with van der Waals surface area (Å²) in [4.78, 5) is 2.23. The zero-order valence-electron chi connectivity index (χ0n) is 13.8. The number of allylic oxidation sites excluding steroid dienone is 3. The molecule has 2 heteroatoms. The Labute approximate surface area is 160 Å². The fourth-order valence-corrected chi connectivity index (χ4v) is 2.88. The maximum absolute atomic E-state index is 2.23. The third-order valence-electron chi connectivity index (χ3n) is 3.80. The number of anilines is 2. The fraction of sp³-hybridized carbons (Fsp3) is 0. The minimum atomic E-state index is 1.14. The first-order valence-corrected chi connectivity index (χ1v) is 9.86. The Bertz CT molecular complexity index is 813. The molecular formula is C23H19NW. The van der Waals surface area contributed by atoms with Crippen molar-refractivity contribution in [3.63, 3.8) is 0 Å². The van der Waals surface area contributed by atoms with E-state index in [-0.39, 0.29) is 0 Å². The Kier molecular flexibility index (Phi) is 6.31. The summed E-state index contributed by atoms with van der Waals surface area (Å²) in [6.45, 7) is 0. The number of hydrogen-bond acceptors (Lipinski definition) is 1.